The molecule has 0 saturated heterocycles. The number of aromatic nitrogens is 15. The molecule has 18 nitrogen and oxygen atoms in total. The first-order valence-corrected chi connectivity index (χ1v) is 26.7. The smallest absolute Gasteiger partial charge is 0.277 e. The molecule has 0 unspecified atom stereocenters. The van der Waals surface area contributed by atoms with E-state index in [2.05, 4.69) is 61.5 Å². The molecule has 0 bridgehead atoms. The molecule has 6 aromatic carbocycles. The summed E-state index contributed by atoms with van der Waals surface area (Å²) in [5.74, 6) is 2.39. The van der Waals surface area contributed by atoms with Gasteiger partial charge in [-0.3, -0.25) is 0 Å². The first-order chi connectivity index (χ1) is 37.7. The zero-order valence-electron chi connectivity index (χ0n) is 39.7. The summed E-state index contributed by atoms with van der Waals surface area (Å²) in [5.41, 5.74) is 7.60. The van der Waals surface area contributed by atoms with Crippen molar-refractivity contribution in [1.82, 2.24) is 75.6 Å². The van der Waals surface area contributed by atoms with Crippen molar-refractivity contribution >= 4 is 58.5 Å². The molecule has 0 aliphatic heterocycles. The third-order valence-electron chi connectivity index (χ3n) is 10.5. The number of halogens is 4. The molecule has 77 heavy (non-hydrogen) atoms. The van der Waals surface area contributed by atoms with E-state index in [1.54, 1.807) is 62.6 Å². The van der Waals surface area contributed by atoms with Gasteiger partial charge in [0.2, 0.25) is 17.7 Å². The van der Waals surface area contributed by atoms with E-state index in [1.807, 2.05) is 104 Å². The molecule has 0 aliphatic rings. The van der Waals surface area contributed by atoms with E-state index < -0.39 is 0 Å². The number of para-hydroxylation sites is 2. The van der Waals surface area contributed by atoms with Gasteiger partial charge < -0.3 is 13.3 Å². The van der Waals surface area contributed by atoms with Crippen LogP contribution in [-0.2, 0) is 23.8 Å². The lowest BCUT2D eigenvalue weighted by molar-refractivity contribution is 0.465. The van der Waals surface area contributed by atoms with Gasteiger partial charge in [0.25, 0.3) is 15.7 Å². The Balaban J connectivity index is 0.000000131. The van der Waals surface area contributed by atoms with Crippen molar-refractivity contribution in [3.8, 4) is 45.7 Å². The Bertz CT molecular complexity index is 3590. The van der Waals surface area contributed by atoms with Gasteiger partial charge in [-0.1, -0.05) is 123 Å². The van der Waals surface area contributed by atoms with E-state index in [-0.39, 0.29) is 11.6 Å². The molecule has 0 N–H and O–H groups in total. The van der Waals surface area contributed by atoms with E-state index in [9.17, 15) is 8.78 Å². The molecule has 12 rings (SSSR count). The molecule has 0 radical (unpaired) electrons. The molecule has 0 atom stereocenters. The van der Waals surface area contributed by atoms with Crippen LogP contribution in [0.4, 0.5) is 8.78 Å². The summed E-state index contributed by atoms with van der Waals surface area (Å²) in [4.78, 5) is 0. The number of hydrogen-bond donors (Lipinski definition) is 0. The molecular weight excluding hydrogens is 1090 g/mol. The van der Waals surface area contributed by atoms with Crippen LogP contribution >= 0.6 is 58.5 Å². The second-order valence-electron chi connectivity index (χ2n) is 16.0. The standard InChI is InChI=1S/C18H13ClFN5OS.C17H12ClN5OS.C17H12FN5OS/c19-14-5-3-13(4-6-14)17-22-23-18(26-17)27-11-16-10-25(24-21-16)9-12-1-7-15(20)8-2-12;2*18-13-8-6-12(7-9-13)16-20-21-17(24-16)25-11-14-10-23(22-19-14)15-4-2-1-3-5-15/h1-8,10H,9,11H2;2*1-10H,11H2. The number of nitrogens with zero attached hydrogens (tertiary/aromatic N) is 15. The van der Waals surface area contributed by atoms with Crippen LogP contribution in [-0.4, -0.2) is 75.6 Å². The minimum absolute atomic E-state index is 0.257. The maximum Gasteiger partial charge on any atom is 0.277 e. The fraction of sp³-hybridized carbons (Fsp3) is 0.0769. The quantitative estimate of drug-likeness (QED) is 0.0824. The van der Waals surface area contributed by atoms with Crippen molar-refractivity contribution in [2.24, 2.45) is 0 Å². The van der Waals surface area contributed by atoms with Crippen molar-refractivity contribution in [3.05, 3.63) is 221 Å². The molecule has 6 aromatic heterocycles. The van der Waals surface area contributed by atoms with Crippen LogP contribution in [0.1, 0.15) is 22.6 Å². The van der Waals surface area contributed by atoms with E-state index >= 15 is 0 Å². The lowest BCUT2D eigenvalue weighted by Gasteiger charge is -2.00. The Hall–Kier alpha value is -8.35. The van der Waals surface area contributed by atoms with Crippen LogP contribution in [0.3, 0.4) is 0 Å². The SMILES string of the molecule is Clc1ccc(-c2nnc(SCc3cn(-c4ccccc4)nn3)o2)cc1.Fc1ccc(-c2nnc(SCc3cn(-c4ccccc4)nn3)o2)cc1.Fc1ccc(Cn2cc(CSc3nnc(-c4ccc(Cl)cc4)o3)nn2)cc1. The zero-order chi connectivity index (χ0) is 52.8. The molecule has 0 spiro atoms. The number of hydrogen-bond acceptors (Lipinski definition) is 18. The van der Waals surface area contributed by atoms with E-state index in [0.717, 1.165) is 45.1 Å². The van der Waals surface area contributed by atoms with Crippen LogP contribution < -0.4 is 0 Å². The summed E-state index contributed by atoms with van der Waals surface area (Å²) in [6.07, 6.45) is 5.59. The van der Waals surface area contributed by atoms with Crippen LogP contribution in [0.2, 0.25) is 10.0 Å². The first kappa shape index (κ1) is 52.1. The van der Waals surface area contributed by atoms with Gasteiger partial charge in [-0.25, -0.2) is 22.8 Å². The molecule has 0 aliphatic carbocycles. The molecule has 0 amide bonds. The fourth-order valence-corrected chi connectivity index (χ4v) is 8.91. The summed E-state index contributed by atoms with van der Waals surface area (Å²) in [6, 6.07) is 46.3. The summed E-state index contributed by atoms with van der Waals surface area (Å²) >= 11 is 15.9. The average Bonchev–Trinajstić information content (AvgIpc) is 4.35. The molecule has 384 valence electrons. The lowest BCUT2D eigenvalue weighted by Crippen LogP contribution is -2.00. The maximum atomic E-state index is 13.0. The second-order valence-corrected chi connectivity index (χ2v) is 19.7. The summed E-state index contributed by atoms with van der Waals surface area (Å²) in [6.45, 7) is 0.527. The van der Waals surface area contributed by atoms with E-state index in [0.29, 0.717) is 72.8 Å². The van der Waals surface area contributed by atoms with Gasteiger partial charge in [-0.15, -0.1) is 45.9 Å². The number of rotatable bonds is 16. The van der Waals surface area contributed by atoms with Crippen LogP contribution in [0.5, 0.6) is 0 Å². The summed E-state index contributed by atoms with van der Waals surface area (Å²) in [5, 5.41) is 51.6. The minimum Gasteiger partial charge on any atom is -0.411 e. The van der Waals surface area contributed by atoms with Crippen molar-refractivity contribution < 1.29 is 22.0 Å². The molecule has 25 heteroatoms. The zero-order valence-corrected chi connectivity index (χ0v) is 43.7. The molecule has 0 saturated carbocycles. The normalized spacial score (nSPS) is 11.0. The topological polar surface area (TPSA) is 209 Å². The predicted molar refractivity (Wildman–Crippen MR) is 286 cm³/mol. The van der Waals surface area contributed by atoms with Gasteiger partial charge in [0.05, 0.1) is 47.4 Å². The van der Waals surface area contributed by atoms with Gasteiger partial charge in [0, 0.05) is 50.2 Å². The Morgan fingerprint density at radius 2 is 0.753 bits per heavy atom. The van der Waals surface area contributed by atoms with Crippen LogP contribution in [0, 0.1) is 11.6 Å². The molecule has 0 fully saturated rings. The number of thioether (sulfide) groups is 3. The van der Waals surface area contributed by atoms with Crippen LogP contribution in [0.25, 0.3) is 45.7 Å². The molecular formula is C52H37Cl2F2N15O3S3. The lowest BCUT2D eigenvalue weighted by atomic mass is 10.2. The summed E-state index contributed by atoms with van der Waals surface area (Å²) < 4.78 is 48.0. The van der Waals surface area contributed by atoms with E-state index in [4.69, 9.17) is 36.5 Å². The highest BCUT2D eigenvalue weighted by molar-refractivity contribution is 7.98. The molecule has 12 aromatic rings. The Labute approximate surface area is 459 Å². The van der Waals surface area contributed by atoms with Crippen molar-refractivity contribution in [2.45, 2.75) is 39.5 Å². The Morgan fingerprint density at radius 3 is 1.17 bits per heavy atom. The maximum absolute atomic E-state index is 13.0. The van der Waals surface area contributed by atoms with Gasteiger partial charge in [0.15, 0.2) is 0 Å². The van der Waals surface area contributed by atoms with Gasteiger partial charge in [-0.2, -0.15) is 0 Å². The highest BCUT2D eigenvalue weighted by Gasteiger charge is 2.14. The van der Waals surface area contributed by atoms with E-state index in [1.165, 1.54) is 59.6 Å². The highest BCUT2D eigenvalue weighted by Crippen LogP contribution is 2.29. The summed E-state index contributed by atoms with van der Waals surface area (Å²) in [7, 11) is 0. The monoisotopic (exact) mass is 1120 g/mol. The Morgan fingerprint density at radius 1 is 0.390 bits per heavy atom. The highest BCUT2D eigenvalue weighted by atomic mass is 35.5. The van der Waals surface area contributed by atoms with Gasteiger partial charge in [0.1, 0.15) is 11.6 Å². The molecule has 6 heterocycles. The second kappa shape index (κ2) is 25.5. The van der Waals surface area contributed by atoms with Crippen LogP contribution in [0.15, 0.2) is 205 Å². The third-order valence-corrected chi connectivity index (χ3v) is 13.6. The minimum atomic E-state index is -0.306. The van der Waals surface area contributed by atoms with Gasteiger partial charge >= 0.3 is 0 Å². The average molecular weight is 1130 g/mol. The fourth-order valence-electron chi connectivity index (χ4n) is 6.74. The third kappa shape index (κ3) is 14.7. The van der Waals surface area contributed by atoms with Crippen molar-refractivity contribution in [2.75, 3.05) is 0 Å². The first-order valence-electron chi connectivity index (χ1n) is 22.9. The van der Waals surface area contributed by atoms with Crippen molar-refractivity contribution in [1.29, 1.82) is 0 Å². The predicted octanol–water partition coefficient (Wildman–Crippen LogP) is 12.5. The Kier molecular flexibility index (Phi) is 17.2. The van der Waals surface area contributed by atoms with Gasteiger partial charge in [-0.05, 0) is 115 Å². The van der Waals surface area contributed by atoms with Crippen molar-refractivity contribution in [3.63, 3.8) is 0 Å². The largest absolute Gasteiger partial charge is 0.411 e. The number of benzene rings is 6.